The van der Waals surface area contributed by atoms with Crippen LogP contribution in [0.25, 0.3) is 0 Å². The Bertz CT molecular complexity index is 968. The predicted molar refractivity (Wildman–Crippen MR) is 123 cm³/mol. The van der Waals surface area contributed by atoms with Crippen LogP contribution in [-0.4, -0.2) is 78.7 Å². The molecule has 3 aliphatic heterocycles. The van der Waals surface area contributed by atoms with Crippen molar-refractivity contribution in [3.05, 3.63) is 48.3 Å². The summed E-state index contributed by atoms with van der Waals surface area (Å²) >= 11 is 0. The van der Waals surface area contributed by atoms with Crippen molar-refractivity contribution in [2.24, 2.45) is 0 Å². The molecule has 0 bridgehead atoms. The molecule has 1 aromatic heterocycles. The van der Waals surface area contributed by atoms with Gasteiger partial charge in [0.25, 0.3) is 0 Å². The number of aromatic nitrogens is 2. The largest absolute Gasteiger partial charge is 0.369 e. The standard InChI is InChI=1S/C24H31FN6O/c1-28(2)23(32)31-16-24(21-13-18(25)3-4-22(21)31)7-11-30(12-8-24)19-5-9-29(10-6-19)20-14-26-17-27-15-20/h3-4,13-15,17,19H,5-12,16H2,1-2H3. The van der Waals surface area contributed by atoms with Crippen molar-refractivity contribution in [1.82, 2.24) is 19.8 Å². The van der Waals surface area contributed by atoms with Crippen LogP contribution in [0.3, 0.4) is 0 Å². The zero-order valence-corrected chi connectivity index (χ0v) is 18.9. The third-order valence-corrected chi connectivity index (χ3v) is 7.54. The maximum Gasteiger partial charge on any atom is 0.323 e. The molecule has 32 heavy (non-hydrogen) atoms. The molecule has 8 heteroatoms. The molecule has 2 saturated heterocycles. The van der Waals surface area contributed by atoms with Gasteiger partial charge < -0.3 is 14.7 Å². The summed E-state index contributed by atoms with van der Waals surface area (Å²) in [4.78, 5) is 29.5. The van der Waals surface area contributed by atoms with Crippen molar-refractivity contribution < 1.29 is 9.18 Å². The monoisotopic (exact) mass is 438 g/mol. The van der Waals surface area contributed by atoms with Crippen LogP contribution in [0, 0.1) is 5.82 Å². The van der Waals surface area contributed by atoms with Gasteiger partial charge in [0.1, 0.15) is 12.1 Å². The van der Waals surface area contributed by atoms with Crippen LogP contribution < -0.4 is 9.80 Å². The maximum atomic E-state index is 14.2. The third-order valence-electron chi connectivity index (χ3n) is 7.54. The number of halogens is 1. The number of hydrogen-bond acceptors (Lipinski definition) is 5. The molecule has 5 rings (SSSR count). The Kier molecular flexibility index (Phi) is 5.49. The van der Waals surface area contributed by atoms with Crippen LogP contribution >= 0.6 is 0 Å². The molecule has 0 aliphatic carbocycles. The van der Waals surface area contributed by atoms with E-state index in [9.17, 15) is 9.18 Å². The summed E-state index contributed by atoms with van der Waals surface area (Å²) < 4.78 is 14.2. The molecule has 2 fully saturated rings. The number of carbonyl (C=O) groups is 1. The minimum absolute atomic E-state index is 0.0329. The van der Waals surface area contributed by atoms with E-state index in [2.05, 4.69) is 19.8 Å². The lowest BCUT2D eigenvalue weighted by Gasteiger charge is -2.45. The Morgan fingerprint density at radius 2 is 1.78 bits per heavy atom. The van der Waals surface area contributed by atoms with Crippen LogP contribution in [0.1, 0.15) is 31.2 Å². The van der Waals surface area contributed by atoms with Crippen molar-refractivity contribution in [2.45, 2.75) is 37.1 Å². The average Bonchev–Trinajstić information content (AvgIpc) is 3.13. The van der Waals surface area contributed by atoms with Crippen LogP contribution in [0.2, 0.25) is 0 Å². The molecule has 0 unspecified atom stereocenters. The molecule has 0 N–H and O–H groups in total. The second-order valence-electron chi connectivity index (χ2n) is 9.56. The molecule has 0 saturated carbocycles. The summed E-state index contributed by atoms with van der Waals surface area (Å²) in [6.07, 6.45) is 9.49. The summed E-state index contributed by atoms with van der Waals surface area (Å²) in [5.41, 5.74) is 2.82. The highest BCUT2D eigenvalue weighted by Crippen LogP contribution is 2.48. The van der Waals surface area contributed by atoms with E-state index < -0.39 is 0 Å². The second kappa shape index (κ2) is 8.31. The molecular weight excluding hydrogens is 407 g/mol. The molecule has 0 atom stereocenters. The Morgan fingerprint density at radius 3 is 2.44 bits per heavy atom. The molecule has 2 aromatic rings. The Labute approximate surface area is 188 Å². The summed E-state index contributed by atoms with van der Waals surface area (Å²) in [6, 6.07) is 5.44. The summed E-state index contributed by atoms with van der Waals surface area (Å²) in [7, 11) is 3.54. The lowest BCUT2D eigenvalue weighted by molar-refractivity contribution is 0.104. The zero-order chi connectivity index (χ0) is 22.3. The fourth-order valence-corrected chi connectivity index (χ4v) is 5.74. The number of nitrogens with zero attached hydrogens (tertiary/aromatic N) is 6. The first-order valence-electron chi connectivity index (χ1n) is 11.5. The first kappa shape index (κ1) is 21.1. The predicted octanol–water partition coefficient (Wildman–Crippen LogP) is 3.12. The van der Waals surface area contributed by atoms with Crippen molar-refractivity contribution in [1.29, 1.82) is 0 Å². The highest BCUT2D eigenvalue weighted by Gasteiger charge is 2.47. The first-order valence-corrected chi connectivity index (χ1v) is 11.5. The minimum Gasteiger partial charge on any atom is -0.369 e. The van der Waals surface area contributed by atoms with Gasteiger partial charge in [-0.3, -0.25) is 4.90 Å². The number of likely N-dealkylation sites (tertiary alicyclic amines) is 1. The van der Waals surface area contributed by atoms with E-state index >= 15 is 0 Å². The highest BCUT2D eigenvalue weighted by molar-refractivity contribution is 5.95. The number of amides is 2. The highest BCUT2D eigenvalue weighted by atomic mass is 19.1. The zero-order valence-electron chi connectivity index (χ0n) is 18.9. The van der Waals surface area contributed by atoms with Gasteiger partial charge in [0.15, 0.2) is 0 Å². The van der Waals surface area contributed by atoms with Crippen molar-refractivity contribution in [3.8, 4) is 0 Å². The van der Waals surface area contributed by atoms with Gasteiger partial charge in [0.05, 0.1) is 18.1 Å². The van der Waals surface area contributed by atoms with Crippen molar-refractivity contribution in [3.63, 3.8) is 0 Å². The van der Waals surface area contributed by atoms with Crippen LogP contribution in [0.15, 0.2) is 36.9 Å². The fraction of sp³-hybridized carbons (Fsp3) is 0.542. The SMILES string of the molecule is CN(C)C(=O)N1CC2(CCN(C3CCN(c4cncnc4)CC3)CC2)c2cc(F)ccc21. The molecule has 1 spiro atoms. The first-order chi connectivity index (χ1) is 15.5. The fourth-order valence-electron chi connectivity index (χ4n) is 5.74. The summed E-state index contributed by atoms with van der Waals surface area (Å²) in [6.45, 7) is 4.64. The molecule has 0 radical (unpaired) electrons. The van der Waals surface area contributed by atoms with Gasteiger partial charge in [-0.2, -0.15) is 0 Å². The molecular formula is C24H31FN6O. The molecule has 7 nitrogen and oxygen atoms in total. The topological polar surface area (TPSA) is 55.8 Å². The summed E-state index contributed by atoms with van der Waals surface area (Å²) in [5, 5.41) is 0. The number of benzene rings is 1. The number of fused-ring (bicyclic) bond motifs is 2. The van der Waals surface area contributed by atoms with Gasteiger partial charge in [-0.05, 0) is 62.5 Å². The lowest BCUT2D eigenvalue weighted by atomic mass is 9.74. The van der Waals surface area contributed by atoms with E-state index in [-0.39, 0.29) is 17.3 Å². The molecule has 1 aromatic carbocycles. The van der Waals surface area contributed by atoms with E-state index in [1.807, 2.05) is 17.3 Å². The van der Waals surface area contributed by atoms with Gasteiger partial charge in [-0.15, -0.1) is 0 Å². The molecule has 170 valence electrons. The van der Waals surface area contributed by atoms with Crippen molar-refractivity contribution in [2.75, 3.05) is 56.6 Å². The number of rotatable bonds is 2. The smallest absolute Gasteiger partial charge is 0.323 e. The Hall–Kier alpha value is -2.74. The van der Waals surface area contributed by atoms with Crippen LogP contribution in [-0.2, 0) is 5.41 Å². The number of anilines is 2. The van der Waals surface area contributed by atoms with Crippen LogP contribution in [0.4, 0.5) is 20.6 Å². The minimum atomic E-state index is -0.220. The summed E-state index contributed by atoms with van der Waals surface area (Å²) in [5.74, 6) is -0.220. The molecule has 3 aliphatic rings. The lowest BCUT2D eigenvalue weighted by Crippen LogP contribution is -2.52. The normalized spacial score (nSPS) is 21.1. The number of hydrogen-bond donors (Lipinski definition) is 0. The van der Waals surface area contributed by atoms with E-state index in [4.69, 9.17) is 0 Å². The van der Waals surface area contributed by atoms with Gasteiger partial charge >= 0.3 is 6.03 Å². The Balaban J connectivity index is 1.26. The third kappa shape index (κ3) is 3.70. The van der Waals surface area contributed by atoms with Crippen LogP contribution in [0.5, 0.6) is 0 Å². The van der Waals surface area contributed by atoms with E-state index in [0.717, 1.165) is 68.8 Å². The van der Waals surface area contributed by atoms with E-state index in [1.165, 1.54) is 6.07 Å². The maximum absolute atomic E-state index is 14.2. The second-order valence-corrected chi connectivity index (χ2v) is 9.56. The quantitative estimate of drug-likeness (QED) is 0.721. The molecule has 4 heterocycles. The number of piperidine rings is 2. The van der Waals surface area contributed by atoms with Gasteiger partial charge in [-0.25, -0.2) is 19.2 Å². The van der Waals surface area contributed by atoms with E-state index in [1.54, 1.807) is 37.5 Å². The van der Waals surface area contributed by atoms with Gasteiger partial charge in [-0.1, -0.05) is 0 Å². The number of carbonyl (C=O) groups excluding carboxylic acids is 1. The van der Waals surface area contributed by atoms with Crippen molar-refractivity contribution >= 4 is 17.4 Å². The van der Waals surface area contributed by atoms with Gasteiger partial charge in [0.2, 0.25) is 0 Å². The molecule has 2 amide bonds. The van der Waals surface area contributed by atoms with Gasteiger partial charge in [0, 0.05) is 50.9 Å². The van der Waals surface area contributed by atoms with E-state index in [0.29, 0.717) is 12.6 Å². The number of urea groups is 1. The Morgan fingerprint density at radius 1 is 1.09 bits per heavy atom. The average molecular weight is 439 g/mol.